The van der Waals surface area contributed by atoms with Gasteiger partial charge < -0.3 is 10.1 Å². The molecule has 0 saturated carbocycles. The van der Waals surface area contributed by atoms with Crippen LogP contribution >= 0.6 is 11.3 Å². The molecule has 3 nitrogen and oxygen atoms in total. The van der Waals surface area contributed by atoms with Crippen LogP contribution in [0.4, 0.5) is 0 Å². The lowest BCUT2D eigenvalue weighted by atomic mass is 9.91. The van der Waals surface area contributed by atoms with Crippen LogP contribution in [0, 0.1) is 0 Å². The standard InChI is InChI=1S/C15H28N2OS/c1-8-9-16-10-11-12(14(2,3)4)17-13(19-11)15(5,6)18-7/h16H,8-10H2,1-7H3. The maximum Gasteiger partial charge on any atom is 0.125 e. The third kappa shape index (κ3) is 4.26. The van der Waals surface area contributed by atoms with Gasteiger partial charge in [0, 0.05) is 23.9 Å². The summed E-state index contributed by atoms with van der Waals surface area (Å²) in [4.78, 5) is 6.19. The first-order valence-corrected chi connectivity index (χ1v) is 7.80. The number of nitrogens with one attached hydrogen (secondary N) is 1. The molecule has 1 rings (SSSR count). The molecule has 1 aromatic heterocycles. The summed E-state index contributed by atoms with van der Waals surface area (Å²) >= 11 is 1.77. The molecule has 0 aliphatic rings. The topological polar surface area (TPSA) is 34.1 Å². The van der Waals surface area contributed by atoms with Gasteiger partial charge in [-0.3, -0.25) is 0 Å². The predicted octanol–water partition coefficient (Wildman–Crippen LogP) is 3.82. The fourth-order valence-corrected chi connectivity index (χ4v) is 3.10. The lowest BCUT2D eigenvalue weighted by molar-refractivity contribution is 0.0188. The number of aromatic nitrogens is 1. The molecule has 110 valence electrons. The Morgan fingerprint density at radius 1 is 1.21 bits per heavy atom. The number of thiazole rings is 1. The second-order valence-corrected chi connectivity index (χ2v) is 7.52. The van der Waals surface area contributed by atoms with E-state index in [9.17, 15) is 0 Å². The summed E-state index contributed by atoms with van der Waals surface area (Å²) in [6.07, 6.45) is 1.15. The van der Waals surface area contributed by atoms with Crippen LogP contribution < -0.4 is 5.32 Å². The zero-order valence-electron chi connectivity index (χ0n) is 13.4. The Labute approximate surface area is 121 Å². The molecule has 0 atom stereocenters. The SMILES string of the molecule is CCCNCc1sc(C(C)(C)OC)nc1C(C)(C)C. The second-order valence-electron chi connectivity index (χ2n) is 6.43. The zero-order chi connectivity index (χ0) is 14.7. The average Bonchev–Trinajstić information content (AvgIpc) is 2.74. The van der Waals surface area contributed by atoms with Crippen molar-refractivity contribution in [1.82, 2.24) is 10.3 Å². The smallest absolute Gasteiger partial charge is 0.125 e. The minimum absolute atomic E-state index is 0.0712. The molecule has 1 heterocycles. The van der Waals surface area contributed by atoms with Gasteiger partial charge in [-0.05, 0) is 26.8 Å². The number of hydrogen-bond donors (Lipinski definition) is 1. The molecule has 0 aliphatic carbocycles. The van der Waals surface area contributed by atoms with Gasteiger partial charge in [0.25, 0.3) is 0 Å². The maximum absolute atomic E-state index is 5.56. The van der Waals surface area contributed by atoms with Crippen molar-refractivity contribution in [3.63, 3.8) is 0 Å². The van der Waals surface area contributed by atoms with Gasteiger partial charge in [-0.1, -0.05) is 27.7 Å². The van der Waals surface area contributed by atoms with Crippen LogP contribution in [0.25, 0.3) is 0 Å². The minimum Gasteiger partial charge on any atom is -0.372 e. The minimum atomic E-state index is -0.312. The Hall–Kier alpha value is -0.450. The van der Waals surface area contributed by atoms with E-state index in [1.807, 2.05) is 0 Å². The number of ether oxygens (including phenoxy) is 1. The average molecular weight is 284 g/mol. The second kappa shape index (κ2) is 6.33. The molecule has 0 aliphatic heterocycles. The summed E-state index contributed by atoms with van der Waals surface area (Å²) in [6.45, 7) is 14.9. The highest BCUT2D eigenvalue weighted by Gasteiger charge is 2.29. The van der Waals surface area contributed by atoms with Crippen molar-refractivity contribution < 1.29 is 4.74 Å². The molecule has 1 N–H and O–H groups in total. The molecule has 0 radical (unpaired) electrons. The molecule has 0 saturated heterocycles. The molecule has 1 aromatic rings. The Morgan fingerprint density at radius 2 is 1.84 bits per heavy atom. The van der Waals surface area contributed by atoms with Gasteiger partial charge in [0.1, 0.15) is 10.6 Å². The van der Waals surface area contributed by atoms with Gasteiger partial charge in [0.2, 0.25) is 0 Å². The maximum atomic E-state index is 5.56. The number of methoxy groups -OCH3 is 1. The van der Waals surface area contributed by atoms with Crippen molar-refractivity contribution in [2.24, 2.45) is 0 Å². The quantitative estimate of drug-likeness (QED) is 0.806. The number of rotatable bonds is 6. The van der Waals surface area contributed by atoms with E-state index in [1.165, 1.54) is 10.6 Å². The van der Waals surface area contributed by atoms with Crippen LogP contribution in [0.3, 0.4) is 0 Å². The highest BCUT2D eigenvalue weighted by atomic mass is 32.1. The number of nitrogens with zero attached hydrogens (tertiary/aromatic N) is 1. The van der Waals surface area contributed by atoms with Crippen molar-refractivity contribution in [3.05, 3.63) is 15.6 Å². The molecule has 0 spiro atoms. The van der Waals surface area contributed by atoms with Crippen molar-refractivity contribution in [2.75, 3.05) is 13.7 Å². The van der Waals surface area contributed by atoms with E-state index < -0.39 is 0 Å². The third-order valence-corrected chi connectivity index (χ3v) is 4.51. The molecule has 0 amide bonds. The molecule has 0 bridgehead atoms. The lowest BCUT2D eigenvalue weighted by Gasteiger charge is -2.20. The summed E-state index contributed by atoms with van der Waals surface area (Å²) in [5, 5.41) is 4.54. The van der Waals surface area contributed by atoms with Crippen LogP contribution in [0.2, 0.25) is 0 Å². The molecular weight excluding hydrogens is 256 g/mol. The van der Waals surface area contributed by atoms with Crippen molar-refractivity contribution >= 4 is 11.3 Å². The summed E-state index contributed by atoms with van der Waals surface area (Å²) in [5.41, 5.74) is 0.955. The zero-order valence-corrected chi connectivity index (χ0v) is 14.2. The van der Waals surface area contributed by atoms with Gasteiger partial charge >= 0.3 is 0 Å². The molecule has 0 fully saturated rings. The van der Waals surface area contributed by atoms with Crippen LogP contribution in [0.1, 0.15) is 63.5 Å². The summed E-state index contributed by atoms with van der Waals surface area (Å²) in [5.74, 6) is 0. The fourth-order valence-electron chi connectivity index (χ4n) is 1.78. The van der Waals surface area contributed by atoms with E-state index in [0.29, 0.717) is 0 Å². The van der Waals surface area contributed by atoms with E-state index in [0.717, 1.165) is 24.5 Å². The fraction of sp³-hybridized carbons (Fsp3) is 0.800. The monoisotopic (exact) mass is 284 g/mol. The Morgan fingerprint density at radius 3 is 2.32 bits per heavy atom. The molecule has 0 unspecified atom stereocenters. The van der Waals surface area contributed by atoms with Crippen LogP contribution in [-0.2, 0) is 22.3 Å². The van der Waals surface area contributed by atoms with E-state index in [2.05, 4.69) is 46.9 Å². The van der Waals surface area contributed by atoms with Crippen LogP contribution in [0.5, 0.6) is 0 Å². The van der Waals surface area contributed by atoms with Gasteiger partial charge in [0.15, 0.2) is 0 Å². The van der Waals surface area contributed by atoms with E-state index in [-0.39, 0.29) is 11.0 Å². The molecule has 0 aromatic carbocycles. The lowest BCUT2D eigenvalue weighted by Crippen LogP contribution is -2.21. The first-order valence-electron chi connectivity index (χ1n) is 6.99. The van der Waals surface area contributed by atoms with E-state index in [1.54, 1.807) is 18.4 Å². The summed E-state index contributed by atoms with van der Waals surface area (Å²) in [6, 6.07) is 0. The normalized spacial score (nSPS) is 13.0. The Bertz CT molecular complexity index is 405. The molecule has 4 heteroatoms. The van der Waals surface area contributed by atoms with Gasteiger partial charge in [-0.2, -0.15) is 0 Å². The highest BCUT2D eigenvalue weighted by molar-refractivity contribution is 7.11. The van der Waals surface area contributed by atoms with Crippen molar-refractivity contribution in [2.45, 2.75) is 65.5 Å². The number of hydrogen-bond acceptors (Lipinski definition) is 4. The first-order chi connectivity index (χ1) is 8.72. The third-order valence-electron chi connectivity index (χ3n) is 3.15. The largest absolute Gasteiger partial charge is 0.372 e. The highest BCUT2D eigenvalue weighted by Crippen LogP contribution is 2.35. The van der Waals surface area contributed by atoms with Gasteiger partial charge in [-0.25, -0.2) is 4.98 Å². The molecule has 19 heavy (non-hydrogen) atoms. The summed E-state index contributed by atoms with van der Waals surface area (Å²) < 4.78 is 5.56. The van der Waals surface area contributed by atoms with E-state index >= 15 is 0 Å². The van der Waals surface area contributed by atoms with Crippen LogP contribution in [0.15, 0.2) is 0 Å². The van der Waals surface area contributed by atoms with E-state index in [4.69, 9.17) is 9.72 Å². The molecular formula is C15H28N2OS. The van der Waals surface area contributed by atoms with Crippen molar-refractivity contribution in [1.29, 1.82) is 0 Å². The van der Waals surface area contributed by atoms with Gasteiger partial charge in [0.05, 0.1) is 5.69 Å². The predicted molar refractivity (Wildman–Crippen MR) is 82.8 cm³/mol. The van der Waals surface area contributed by atoms with Crippen molar-refractivity contribution in [3.8, 4) is 0 Å². The Balaban J connectivity index is 3.06. The van der Waals surface area contributed by atoms with Crippen LogP contribution in [-0.4, -0.2) is 18.6 Å². The first kappa shape index (κ1) is 16.6. The summed E-state index contributed by atoms with van der Waals surface area (Å²) in [7, 11) is 1.74. The Kier molecular flexibility index (Phi) is 5.53. The van der Waals surface area contributed by atoms with Gasteiger partial charge in [-0.15, -0.1) is 11.3 Å².